The van der Waals surface area contributed by atoms with E-state index in [4.69, 9.17) is 35.7 Å². The van der Waals surface area contributed by atoms with Crippen molar-refractivity contribution in [3.63, 3.8) is 0 Å². The molecule has 162 valence electrons. The van der Waals surface area contributed by atoms with Crippen LogP contribution in [-0.2, 0) is 0 Å². The van der Waals surface area contributed by atoms with E-state index in [0.717, 1.165) is 6.07 Å². The van der Waals surface area contributed by atoms with E-state index in [1.165, 1.54) is 18.2 Å². The maximum atomic E-state index is 10.4. The molecular formula is C19H32O9. The highest BCUT2D eigenvalue weighted by atomic mass is 16.4. The smallest absolute Gasteiger partial charge is 0.335 e. The topological polar surface area (TPSA) is 176 Å². The van der Waals surface area contributed by atoms with Gasteiger partial charge in [0.25, 0.3) is 0 Å². The number of hydrogen-bond acceptors (Lipinski definition) is 7. The summed E-state index contributed by atoms with van der Waals surface area (Å²) in [5, 5.41) is 59.8. The van der Waals surface area contributed by atoms with Gasteiger partial charge in [-0.3, -0.25) is 0 Å². The van der Waals surface area contributed by atoms with Crippen LogP contribution in [-0.4, -0.2) is 80.7 Å². The maximum absolute atomic E-state index is 10.4. The largest absolute Gasteiger partial charge is 0.478 e. The van der Waals surface area contributed by atoms with Gasteiger partial charge in [0.2, 0.25) is 0 Å². The van der Waals surface area contributed by atoms with Crippen molar-refractivity contribution in [2.45, 2.75) is 27.2 Å². The second kappa shape index (κ2) is 14.0. The molecule has 7 N–H and O–H groups in total. The van der Waals surface area contributed by atoms with Gasteiger partial charge in [0.1, 0.15) is 0 Å². The number of hydrogen-bond donors (Lipinski definition) is 7. The molecule has 0 spiro atoms. The number of aliphatic hydroxyl groups excluding tert-OH is 5. The summed E-state index contributed by atoms with van der Waals surface area (Å²) in [4.78, 5) is 20.8. The van der Waals surface area contributed by atoms with Gasteiger partial charge in [-0.25, -0.2) is 9.59 Å². The van der Waals surface area contributed by atoms with E-state index in [2.05, 4.69) is 0 Å². The Balaban J connectivity index is 0. The molecule has 0 aliphatic rings. The van der Waals surface area contributed by atoms with Crippen LogP contribution in [0.15, 0.2) is 24.3 Å². The van der Waals surface area contributed by atoms with Crippen LogP contribution in [0.5, 0.6) is 0 Å². The van der Waals surface area contributed by atoms with Crippen molar-refractivity contribution in [2.75, 3.05) is 33.0 Å². The number of carbonyl (C=O) groups is 2. The maximum Gasteiger partial charge on any atom is 0.335 e. The zero-order chi connectivity index (χ0) is 22.4. The molecule has 1 aromatic carbocycles. The summed E-state index contributed by atoms with van der Waals surface area (Å²) in [6, 6.07) is 5.20. The Morgan fingerprint density at radius 3 is 1.29 bits per heavy atom. The van der Waals surface area contributed by atoms with Crippen LogP contribution in [0.3, 0.4) is 0 Å². The molecule has 9 heteroatoms. The second-order valence-corrected chi connectivity index (χ2v) is 7.00. The predicted octanol–water partition coefficient (Wildman–Crippen LogP) is 0.440. The van der Waals surface area contributed by atoms with Crippen molar-refractivity contribution in [3.8, 4) is 0 Å². The third-order valence-electron chi connectivity index (χ3n) is 3.97. The van der Waals surface area contributed by atoms with Crippen LogP contribution < -0.4 is 0 Å². The number of carboxylic acid groups (broad SMARTS) is 2. The highest BCUT2D eigenvalue weighted by Gasteiger charge is 2.24. The molecule has 0 bridgehead atoms. The third-order valence-corrected chi connectivity index (χ3v) is 3.97. The van der Waals surface area contributed by atoms with Crippen molar-refractivity contribution in [3.05, 3.63) is 35.4 Å². The van der Waals surface area contributed by atoms with Crippen LogP contribution in [0.4, 0.5) is 0 Å². The summed E-state index contributed by atoms with van der Waals surface area (Å²) in [5.41, 5.74) is -1.01. The molecule has 0 aromatic heterocycles. The van der Waals surface area contributed by atoms with Gasteiger partial charge in [-0.05, 0) is 24.6 Å². The van der Waals surface area contributed by atoms with Gasteiger partial charge in [0.05, 0.1) is 44.2 Å². The zero-order valence-electron chi connectivity index (χ0n) is 16.5. The molecular weight excluding hydrogens is 372 g/mol. The molecule has 9 nitrogen and oxygen atoms in total. The van der Waals surface area contributed by atoms with E-state index in [1.807, 2.05) is 6.92 Å². The Labute approximate surface area is 164 Å². The number of aliphatic hydroxyl groups is 5. The molecule has 0 radical (unpaired) electrons. The van der Waals surface area contributed by atoms with Crippen LogP contribution in [0.1, 0.15) is 47.9 Å². The average Bonchev–Trinajstić information content (AvgIpc) is 2.71. The van der Waals surface area contributed by atoms with Gasteiger partial charge in [0.15, 0.2) is 0 Å². The Bertz CT molecular complexity index is 528. The molecule has 0 aliphatic heterocycles. The van der Waals surface area contributed by atoms with Crippen LogP contribution in [0.2, 0.25) is 0 Å². The van der Waals surface area contributed by atoms with E-state index in [0.29, 0.717) is 6.42 Å². The molecule has 0 aliphatic carbocycles. The van der Waals surface area contributed by atoms with Gasteiger partial charge in [-0.2, -0.15) is 0 Å². The first-order chi connectivity index (χ1) is 13.0. The molecule has 1 rings (SSSR count). The molecule has 0 heterocycles. The van der Waals surface area contributed by atoms with Gasteiger partial charge in [-0.15, -0.1) is 0 Å². The van der Waals surface area contributed by atoms with Gasteiger partial charge >= 0.3 is 11.9 Å². The van der Waals surface area contributed by atoms with Crippen LogP contribution in [0, 0.1) is 10.8 Å². The van der Waals surface area contributed by atoms with E-state index in [1.54, 1.807) is 13.8 Å². The highest BCUT2D eigenvalue weighted by Crippen LogP contribution is 2.18. The lowest BCUT2D eigenvalue weighted by Crippen LogP contribution is -2.32. The van der Waals surface area contributed by atoms with Crippen molar-refractivity contribution < 1.29 is 45.3 Å². The molecule has 0 atom stereocenters. The first kappa shape index (κ1) is 28.2. The third kappa shape index (κ3) is 11.0. The molecule has 0 fully saturated rings. The molecule has 0 unspecified atom stereocenters. The molecule has 28 heavy (non-hydrogen) atoms. The standard InChI is InChI=1S/C8H6O4.C6H14O3.C5H12O2/c9-7(10)5-2-1-3-6(4-5)8(11)12;1-2-6(3-7,4-8)5-9;1-5(2,3-6)4-7/h1-4H,(H,9,10)(H,11,12);7-9H,2-5H2,1H3;6-7H,3-4H2,1-2H3. The lowest BCUT2D eigenvalue weighted by atomic mass is 9.88. The molecule has 0 saturated heterocycles. The van der Waals surface area contributed by atoms with Crippen LogP contribution in [0.25, 0.3) is 0 Å². The Kier molecular flexibility index (Phi) is 14.1. The van der Waals surface area contributed by atoms with Crippen molar-refractivity contribution in [1.82, 2.24) is 0 Å². The quantitative estimate of drug-likeness (QED) is 0.324. The van der Waals surface area contributed by atoms with E-state index in [-0.39, 0.29) is 49.6 Å². The monoisotopic (exact) mass is 404 g/mol. The number of benzene rings is 1. The summed E-state index contributed by atoms with van der Waals surface area (Å²) in [7, 11) is 0. The summed E-state index contributed by atoms with van der Waals surface area (Å²) < 4.78 is 0. The fourth-order valence-corrected chi connectivity index (χ4v) is 1.32. The van der Waals surface area contributed by atoms with Crippen molar-refractivity contribution >= 4 is 11.9 Å². The number of rotatable bonds is 8. The predicted molar refractivity (Wildman–Crippen MR) is 102 cm³/mol. The SMILES string of the molecule is CC(C)(CO)CO.CCC(CO)(CO)CO.O=C(O)c1cccc(C(=O)O)c1. The van der Waals surface area contributed by atoms with Gasteiger partial charge in [-0.1, -0.05) is 26.8 Å². The normalized spacial score (nSPS) is 10.9. The summed E-state index contributed by atoms with van der Waals surface area (Å²) in [5.74, 6) is -2.25. The van der Waals surface area contributed by atoms with E-state index < -0.39 is 17.4 Å². The molecule has 0 saturated carbocycles. The average molecular weight is 404 g/mol. The first-order valence-electron chi connectivity index (χ1n) is 8.59. The Morgan fingerprint density at radius 1 is 0.786 bits per heavy atom. The van der Waals surface area contributed by atoms with E-state index in [9.17, 15) is 9.59 Å². The molecule has 0 amide bonds. The zero-order valence-corrected chi connectivity index (χ0v) is 16.5. The summed E-state index contributed by atoms with van der Waals surface area (Å²) in [6.45, 7) is 5.04. The number of carboxylic acids is 2. The minimum absolute atomic E-state index is 0.0186. The highest BCUT2D eigenvalue weighted by molar-refractivity contribution is 5.93. The molecule has 1 aromatic rings. The number of aromatic carboxylic acids is 2. The summed E-state index contributed by atoms with van der Waals surface area (Å²) >= 11 is 0. The van der Waals surface area contributed by atoms with Crippen LogP contribution >= 0.6 is 0 Å². The fourth-order valence-electron chi connectivity index (χ4n) is 1.32. The lowest BCUT2D eigenvalue weighted by molar-refractivity contribution is 0.00303. The Hall–Kier alpha value is -2.04. The Morgan fingerprint density at radius 2 is 1.14 bits per heavy atom. The lowest BCUT2D eigenvalue weighted by Gasteiger charge is -2.24. The van der Waals surface area contributed by atoms with Crippen molar-refractivity contribution in [2.24, 2.45) is 10.8 Å². The first-order valence-corrected chi connectivity index (χ1v) is 8.59. The van der Waals surface area contributed by atoms with Gasteiger partial charge < -0.3 is 35.7 Å². The minimum atomic E-state index is -1.13. The van der Waals surface area contributed by atoms with Gasteiger partial charge in [0, 0.05) is 10.8 Å². The summed E-state index contributed by atoms with van der Waals surface area (Å²) in [6.07, 6.45) is 0.594. The van der Waals surface area contributed by atoms with E-state index >= 15 is 0 Å². The van der Waals surface area contributed by atoms with Crippen molar-refractivity contribution in [1.29, 1.82) is 0 Å². The fraction of sp³-hybridized carbons (Fsp3) is 0.579. The minimum Gasteiger partial charge on any atom is -0.478 e. The second-order valence-electron chi connectivity index (χ2n) is 7.00.